The SMILES string of the molecule is O=C(COC(=O)c1c[nH]c2ccccc12)O[C@@H](Cc1c(Cl)cncc1Cl)c1ccc(OC(F)F)c(OCC2CC2)c1. The molecule has 0 radical (unpaired) electrons. The van der Waals surface area contributed by atoms with Crippen LogP contribution in [0.4, 0.5) is 8.78 Å². The number of carbonyl (C=O) groups is 2. The van der Waals surface area contributed by atoms with E-state index in [1.165, 1.54) is 36.8 Å². The van der Waals surface area contributed by atoms with Crippen molar-refractivity contribution < 1.29 is 37.3 Å². The molecule has 1 aliphatic rings. The number of benzene rings is 2. The van der Waals surface area contributed by atoms with E-state index in [9.17, 15) is 18.4 Å². The van der Waals surface area contributed by atoms with Crippen molar-refractivity contribution in [3.05, 3.63) is 87.8 Å². The lowest BCUT2D eigenvalue weighted by Gasteiger charge is -2.21. The number of alkyl halides is 2. The van der Waals surface area contributed by atoms with E-state index in [2.05, 4.69) is 14.7 Å². The van der Waals surface area contributed by atoms with E-state index in [-0.39, 0.29) is 33.5 Å². The number of aromatic nitrogens is 2. The Morgan fingerprint density at radius 1 is 1.05 bits per heavy atom. The van der Waals surface area contributed by atoms with Gasteiger partial charge in [0.05, 0.1) is 22.2 Å². The molecule has 0 unspecified atom stereocenters. The summed E-state index contributed by atoms with van der Waals surface area (Å²) in [6.07, 6.45) is 5.28. The number of H-pyrrole nitrogens is 1. The van der Waals surface area contributed by atoms with E-state index in [4.69, 9.17) is 37.4 Å². The summed E-state index contributed by atoms with van der Waals surface area (Å²) in [5.41, 5.74) is 1.86. The highest BCUT2D eigenvalue weighted by Crippen LogP contribution is 2.38. The summed E-state index contributed by atoms with van der Waals surface area (Å²) >= 11 is 12.6. The van der Waals surface area contributed by atoms with Gasteiger partial charge >= 0.3 is 18.6 Å². The van der Waals surface area contributed by atoms with Crippen molar-refractivity contribution in [2.45, 2.75) is 32.0 Å². The molecule has 214 valence electrons. The van der Waals surface area contributed by atoms with Crippen LogP contribution in [-0.2, 0) is 20.7 Å². The molecule has 1 atom stereocenters. The number of nitrogens with one attached hydrogen (secondary N) is 1. The van der Waals surface area contributed by atoms with Gasteiger partial charge in [0, 0.05) is 35.9 Å². The van der Waals surface area contributed by atoms with Gasteiger partial charge in [0.2, 0.25) is 0 Å². The van der Waals surface area contributed by atoms with Gasteiger partial charge in [-0.25, -0.2) is 9.59 Å². The molecule has 1 aliphatic carbocycles. The summed E-state index contributed by atoms with van der Waals surface area (Å²) in [5.74, 6) is -1.29. The molecule has 0 saturated heterocycles. The van der Waals surface area contributed by atoms with Gasteiger partial charge < -0.3 is 23.9 Å². The molecule has 1 fully saturated rings. The van der Waals surface area contributed by atoms with Gasteiger partial charge in [0.15, 0.2) is 18.1 Å². The van der Waals surface area contributed by atoms with Crippen LogP contribution in [-0.4, -0.2) is 41.7 Å². The number of hydrogen-bond acceptors (Lipinski definition) is 7. The maximum absolute atomic E-state index is 13.0. The maximum Gasteiger partial charge on any atom is 0.387 e. The standard InChI is InChI=1S/C29H24Cl2F2N2O6/c30-21-12-34-13-22(31)19(21)10-25(17-7-8-24(41-29(32)33)26(9-17)38-14-16-5-6-16)40-27(36)15-39-28(37)20-11-35-23-4-2-1-3-18(20)23/h1-4,7-9,11-13,16,25,29,35H,5-6,10,14-15H2/t25-/m0/s1. The number of esters is 2. The number of rotatable bonds is 12. The number of pyridine rings is 1. The first kappa shape index (κ1) is 28.6. The minimum Gasteiger partial charge on any atom is -0.489 e. The van der Waals surface area contributed by atoms with E-state index in [0.717, 1.165) is 18.4 Å². The number of nitrogens with zero attached hydrogens (tertiary/aromatic N) is 1. The number of fused-ring (bicyclic) bond motifs is 1. The quantitative estimate of drug-likeness (QED) is 0.175. The number of hydrogen-bond donors (Lipinski definition) is 1. The molecule has 2 aromatic carbocycles. The Morgan fingerprint density at radius 2 is 1.80 bits per heavy atom. The molecule has 2 heterocycles. The summed E-state index contributed by atoms with van der Waals surface area (Å²) < 4.78 is 47.4. The van der Waals surface area contributed by atoms with Crippen molar-refractivity contribution in [1.29, 1.82) is 0 Å². The van der Waals surface area contributed by atoms with Gasteiger partial charge in [-0.15, -0.1) is 0 Å². The molecule has 0 aliphatic heterocycles. The van der Waals surface area contributed by atoms with Crippen LogP contribution < -0.4 is 9.47 Å². The van der Waals surface area contributed by atoms with Gasteiger partial charge in [0.25, 0.3) is 0 Å². The summed E-state index contributed by atoms with van der Waals surface area (Å²) in [5, 5.41) is 1.13. The molecule has 1 saturated carbocycles. The fraction of sp³-hybridized carbons (Fsp3) is 0.276. The Kier molecular flexibility index (Phi) is 8.90. The third-order valence-corrected chi connectivity index (χ3v) is 7.12. The summed E-state index contributed by atoms with van der Waals surface area (Å²) in [4.78, 5) is 32.5. The van der Waals surface area contributed by atoms with E-state index in [1.807, 2.05) is 6.07 Å². The van der Waals surface area contributed by atoms with E-state index in [0.29, 0.717) is 29.0 Å². The minimum atomic E-state index is -3.06. The lowest BCUT2D eigenvalue weighted by Crippen LogP contribution is -2.20. The fourth-order valence-electron chi connectivity index (χ4n) is 4.20. The Hall–Kier alpha value is -3.89. The maximum atomic E-state index is 13.0. The van der Waals surface area contributed by atoms with Crippen LogP contribution in [0.1, 0.15) is 40.4 Å². The first-order valence-corrected chi connectivity index (χ1v) is 13.5. The van der Waals surface area contributed by atoms with Crippen molar-refractivity contribution in [3.63, 3.8) is 0 Å². The highest BCUT2D eigenvalue weighted by Gasteiger charge is 2.26. The smallest absolute Gasteiger partial charge is 0.387 e. The highest BCUT2D eigenvalue weighted by atomic mass is 35.5. The number of halogens is 4. The zero-order valence-corrected chi connectivity index (χ0v) is 23.0. The van der Waals surface area contributed by atoms with Crippen LogP contribution >= 0.6 is 23.2 Å². The first-order chi connectivity index (χ1) is 19.8. The molecule has 8 nitrogen and oxygen atoms in total. The summed E-state index contributed by atoms with van der Waals surface area (Å²) in [6.45, 7) is -3.40. The molecule has 1 N–H and O–H groups in total. The minimum absolute atomic E-state index is 0.0133. The second kappa shape index (κ2) is 12.7. The van der Waals surface area contributed by atoms with Crippen LogP contribution in [0.2, 0.25) is 10.0 Å². The number of carbonyl (C=O) groups excluding carboxylic acids is 2. The van der Waals surface area contributed by atoms with Crippen LogP contribution in [0.5, 0.6) is 11.5 Å². The van der Waals surface area contributed by atoms with Crippen molar-refractivity contribution >= 4 is 46.0 Å². The molecule has 0 amide bonds. The fourth-order valence-corrected chi connectivity index (χ4v) is 4.72. The van der Waals surface area contributed by atoms with Crippen LogP contribution in [0.3, 0.4) is 0 Å². The Bertz CT molecular complexity index is 1540. The first-order valence-electron chi connectivity index (χ1n) is 12.7. The third kappa shape index (κ3) is 7.25. The van der Waals surface area contributed by atoms with Crippen LogP contribution in [0.25, 0.3) is 10.9 Å². The van der Waals surface area contributed by atoms with E-state index in [1.54, 1.807) is 18.2 Å². The molecule has 41 heavy (non-hydrogen) atoms. The Balaban J connectivity index is 1.36. The lowest BCUT2D eigenvalue weighted by molar-refractivity contribution is -0.153. The zero-order valence-electron chi connectivity index (χ0n) is 21.4. The highest BCUT2D eigenvalue weighted by molar-refractivity contribution is 6.35. The van der Waals surface area contributed by atoms with Gasteiger partial charge in [-0.1, -0.05) is 47.5 Å². The van der Waals surface area contributed by atoms with Gasteiger partial charge in [-0.05, 0) is 48.1 Å². The monoisotopic (exact) mass is 604 g/mol. The van der Waals surface area contributed by atoms with Crippen molar-refractivity contribution in [1.82, 2.24) is 9.97 Å². The third-order valence-electron chi connectivity index (χ3n) is 6.47. The average molecular weight is 605 g/mol. The molecular weight excluding hydrogens is 581 g/mol. The number of ether oxygens (including phenoxy) is 4. The lowest BCUT2D eigenvalue weighted by atomic mass is 10.0. The van der Waals surface area contributed by atoms with Gasteiger partial charge in [-0.2, -0.15) is 8.78 Å². The number of para-hydroxylation sites is 1. The van der Waals surface area contributed by atoms with Gasteiger partial charge in [0.1, 0.15) is 6.10 Å². The van der Waals surface area contributed by atoms with Crippen molar-refractivity contribution in [2.24, 2.45) is 5.92 Å². The topological polar surface area (TPSA) is 99.7 Å². The van der Waals surface area contributed by atoms with Crippen LogP contribution in [0, 0.1) is 5.92 Å². The van der Waals surface area contributed by atoms with Crippen molar-refractivity contribution in [3.8, 4) is 11.5 Å². The normalized spacial score (nSPS) is 13.7. The Labute approximate surface area is 243 Å². The molecular formula is C29H24Cl2F2N2O6. The second-order valence-electron chi connectivity index (χ2n) is 9.43. The largest absolute Gasteiger partial charge is 0.489 e. The zero-order chi connectivity index (χ0) is 28.9. The molecule has 0 spiro atoms. The number of aromatic amines is 1. The average Bonchev–Trinajstić information content (AvgIpc) is 3.68. The molecule has 0 bridgehead atoms. The molecule has 2 aromatic heterocycles. The predicted octanol–water partition coefficient (Wildman–Crippen LogP) is 6.94. The molecule has 5 rings (SSSR count). The summed E-state index contributed by atoms with van der Waals surface area (Å²) in [6, 6.07) is 11.4. The van der Waals surface area contributed by atoms with Crippen LogP contribution in [0.15, 0.2) is 61.1 Å². The van der Waals surface area contributed by atoms with Gasteiger partial charge in [-0.3, -0.25) is 4.98 Å². The predicted molar refractivity (Wildman–Crippen MR) is 147 cm³/mol. The molecule has 4 aromatic rings. The molecule has 12 heteroatoms. The van der Waals surface area contributed by atoms with E-state index >= 15 is 0 Å². The Morgan fingerprint density at radius 3 is 2.54 bits per heavy atom. The second-order valence-corrected chi connectivity index (χ2v) is 10.2. The summed E-state index contributed by atoms with van der Waals surface area (Å²) in [7, 11) is 0. The van der Waals surface area contributed by atoms with Crippen molar-refractivity contribution in [2.75, 3.05) is 13.2 Å². The van der Waals surface area contributed by atoms with E-state index < -0.39 is 31.3 Å².